The van der Waals surface area contributed by atoms with Gasteiger partial charge in [0.05, 0.1) is 13.2 Å². The SMILES string of the molecule is CCOc1ccc(CCC(=O)N(Cc2ccccc2Cl)C(Cc2ccccc2)C(=O)NC(C)CC)cc1OCC. The Labute approximate surface area is 243 Å². The van der Waals surface area contributed by atoms with E-state index in [-0.39, 0.29) is 30.8 Å². The zero-order valence-corrected chi connectivity index (χ0v) is 24.7. The van der Waals surface area contributed by atoms with Crippen LogP contribution in [0.15, 0.2) is 72.8 Å². The van der Waals surface area contributed by atoms with Gasteiger partial charge in [0.15, 0.2) is 11.5 Å². The van der Waals surface area contributed by atoms with E-state index in [0.717, 1.165) is 23.1 Å². The van der Waals surface area contributed by atoms with Gasteiger partial charge in [-0.05, 0) is 68.5 Å². The van der Waals surface area contributed by atoms with Crippen LogP contribution in [-0.4, -0.2) is 42.0 Å². The summed E-state index contributed by atoms with van der Waals surface area (Å²) in [6.45, 7) is 9.14. The van der Waals surface area contributed by atoms with Gasteiger partial charge in [-0.25, -0.2) is 0 Å². The standard InChI is InChI=1S/C33H41ClN2O4/c1-5-24(4)35-33(38)29(21-25-13-9-8-10-14-25)36(23-27-15-11-12-16-28(27)34)32(37)20-18-26-17-19-30(39-6-2)31(22-26)40-7-3/h8-17,19,22,24,29H,5-7,18,20-21,23H2,1-4H3,(H,35,38). The summed E-state index contributed by atoms with van der Waals surface area (Å²) in [4.78, 5) is 29.3. The summed E-state index contributed by atoms with van der Waals surface area (Å²) in [5.74, 6) is 1.06. The Kier molecular flexibility index (Phi) is 12.4. The maximum absolute atomic E-state index is 14.0. The molecule has 0 fully saturated rings. The van der Waals surface area contributed by atoms with Gasteiger partial charge in [0.25, 0.3) is 0 Å². The Morgan fingerprint density at radius 2 is 1.55 bits per heavy atom. The predicted molar refractivity (Wildman–Crippen MR) is 161 cm³/mol. The number of amides is 2. The molecule has 2 amide bonds. The number of nitrogens with one attached hydrogen (secondary N) is 1. The summed E-state index contributed by atoms with van der Waals surface area (Å²) in [5, 5.41) is 3.67. The molecule has 0 aliphatic carbocycles. The third kappa shape index (κ3) is 9.02. The van der Waals surface area contributed by atoms with E-state index in [4.69, 9.17) is 21.1 Å². The lowest BCUT2D eigenvalue weighted by Gasteiger charge is -2.32. The highest BCUT2D eigenvalue weighted by Crippen LogP contribution is 2.29. The van der Waals surface area contributed by atoms with Crippen molar-refractivity contribution in [3.8, 4) is 11.5 Å². The minimum Gasteiger partial charge on any atom is -0.490 e. The first-order chi connectivity index (χ1) is 19.4. The Balaban J connectivity index is 1.91. The summed E-state index contributed by atoms with van der Waals surface area (Å²) < 4.78 is 11.5. The zero-order valence-electron chi connectivity index (χ0n) is 24.0. The van der Waals surface area contributed by atoms with Crippen molar-refractivity contribution >= 4 is 23.4 Å². The van der Waals surface area contributed by atoms with Crippen LogP contribution in [0.25, 0.3) is 0 Å². The topological polar surface area (TPSA) is 67.9 Å². The lowest BCUT2D eigenvalue weighted by molar-refractivity contribution is -0.141. The van der Waals surface area contributed by atoms with Crippen molar-refractivity contribution in [3.05, 3.63) is 94.5 Å². The van der Waals surface area contributed by atoms with Gasteiger partial charge in [0.1, 0.15) is 6.04 Å². The van der Waals surface area contributed by atoms with E-state index in [1.807, 2.05) is 94.4 Å². The summed E-state index contributed by atoms with van der Waals surface area (Å²) in [7, 11) is 0. The molecule has 1 N–H and O–H groups in total. The predicted octanol–water partition coefficient (Wildman–Crippen LogP) is 6.62. The van der Waals surface area contributed by atoms with Crippen molar-refractivity contribution in [2.24, 2.45) is 0 Å². The van der Waals surface area contributed by atoms with Crippen molar-refractivity contribution in [1.82, 2.24) is 10.2 Å². The van der Waals surface area contributed by atoms with Gasteiger partial charge in [-0.15, -0.1) is 0 Å². The van der Waals surface area contributed by atoms with Crippen molar-refractivity contribution in [3.63, 3.8) is 0 Å². The molecular formula is C33H41ClN2O4. The minimum atomic E-state index is -0.695. The second kappa shape index (κ2) is 15.9. The monoisotopic (exact) mass is 564 g/mol. The van der Waals surface area contributed by atoms with Gasteiger partial charge >= 0.3 is 0 Å². The Morgan fingerprint density at radius 3 is 2.23 bits per heavy atom. The molecule has 6 nitrogen and oxygen atoms in total. The molecule has 40 heavy (non-hydrogen) atoms. The normalized spacial score (nSPS) is 12.3. The van der Waals surface area contributed by atoms with E-state index in [2.05, 4.69) is 5.32 Å². The molecule has 0 saturated heterocycles. The highest BCUT2D eigenvalue weighted by Gasteiger charge is 2.31. The van der Waals surface area contributed by atoms with E-state index >= 15 is 0 Å². The number of rotatable bonds is 15. The van der Waals surface area contributed by atoms with Crippen LogP contribution in [0.4, 0.5) is 0 Å². The Morgan fingerprint density at radius 1 is 0.875 bits per heavy atom. The minimum absolute atomic E-state index is 0.0103. The highest BCUT2D eigenvalue weighted by molar-refractivity contribution is 6.31. The first kappa shape index (κ1) is 31.0. The van der Waals surface area contributed by atoms with Crippen molar-refractivity contribution in [2.75, 3.05) is 13.2 Å². The molecule has 3 rings (SSSR count). The summed E-state index contributed by atoms with van der Waals surface area (Å²) >= 11 is 6.52. The van der Waals surface area contributed by atoms with Gasteiger partial charge in [-0.1, -0.05) is 73.1 Å². The molecule has 0 bridgehead atoms. The molecule has 0 spiro atoms. The molecule has 7 heteroatoms. The molecule has 0 aromatic heterocycles. The number of hydrogen-bond donors (Lipinski definition) is 1. The maximum atomic E-state index is 14.0. The molecule has 0 heterocycles. The number of aryl methyl sites for hydroxylation is 1. The van der Waals surface area contributed by atoms with Crippen molar-refractivity contribution in [2.45, 2.75) is 72.0 Å². The quantitative estimate of drug-likeness (QED) is 0.225. The number of nitrogens with zero attached hydrogens (tertiary/aromatic N) is 1. The first-order valence-electron chi connectivity index (χ1n) is 14.1. The summed E-state index contributed by atoms with van der Waals surface area (Å²) in [5.41, 5.74) is 2.74. The molecule has 0 aliphatic heterocycles. The van der Waals surface area contributed by atoms with Crippen molar-refractivity contribution < 1.29 is 19.1 Å². The van der Waals surface area contributed by atoms with E-state index in [0.29, 0.717) is 42.6 Å². The van der Waals surface area contributed by atoms with Gasteiger partial charge in [0, 0.05) is 30.5 Å². The molecular weight excluding hydrogens is 524 g/mol. The second-order valence-electron chi connectivity index (χ2n) is 9.78. The van der Waals surface area contributed by atoms with Gasteiger partial charge in [0.2, 0.25) is 11.8 Å². The van der Waals surface area contributed by atoms with Gasteiger partial charge in [-0.2, -0.15) is 0 Å². The fourth-order valence-electron chi connectivity index (χ4n) is 4.45. The number of carbonyl (C=O) groups is 2. The maximum Gasteiger partial charge on any atom is 0.243 e. The molecule has 3 aromatic carbocycles. The van der Waals surface area contributed by atoms with Crippen LogP contribution in [0.5, 0.6) is 11.5 Å². The smallest absolute Gasteiger partial charge is 0.243 e. The lowest BCUT2D eigenvalue weighted by Crippen LogP contribution is -2.52. The van der Waals surface area contributed by atoms with Gasteiger partial charge in [-0.3, -0.25) is 9.59 Å². The van der Waals surface area contributed by atoms with E-state index in [1.54, 1.807) is 11.0 Å². The van der Waals surface area contributed by atoms with Crippen LogP contribution in [0.2, 0.25) is 5.02 Å². The Hall–Kier alpha value is -3.51. The molecule has 0 aliphatic rings. The van der Waals surface area contributed by atoms with Crippen LogP contribution in [-0.2, 0) is 29.0 Å². The molecule has 2 atom stereocenters. The lowest BCUT2D eigenvalue weighted by atomic mass is 10.0. The van der Waals surface area contributed by atoms with Gasteiger partial charge < -0.3 is 19.7 Å². The third-order valence-electron chi connectivity index (χ3n) is 6.81. The second-order valence-corrected chi connectivity index (χ2v) is 10.2. The molecule has 214 valence electrons. The molecule has 2 unspecified atom stereocenters. The number of ether oxygens (including phenoxy) is 2. The summed E-state index contributed by atoms with van der Waals surface area (Å²) in [6, 6.07) is 22.3. The third-order valence-corrected chi connectivity index (χ3v) is 7.17. The first-order valence-corrected chi connectivity index (χ1v) is 14.5. The number of halogens is 1. The largest absolute Gasteiger partial charge is 0.490 e. The fourth-order valence-corrected chi connectivity index (χ4v) is 4.65. The molecule has 0 radical (unpaired) electrons. The molecule has 0 saturated carbocycles. The summed E-state index contributed by atoms with van der Waals surface area (Å²) in [6.07, 6.45) is 1.92. The molecule has 3 aromatic rings. The average Bonchev–Trinajstić information content (AvgIpc) is 2.96. The number of carbonyl (C=O) groups excluding carboxylic acids is 2. The van der Waals surface area contributed by atoms with Crippen molar-refractivity contribution in [1.29, 1.82) is 0 Å². The van der Waals surface area contributed by atoms with E-state index in [9.17, 15) is 9.59 Å². The highest BCUT2D eigenvalue weighted by atomic mass is 35.5. The fraction of sp³-hybridized carbons (Fsp3) is 0.394. The number of hydrogen-bond acceptors (Lipinski definition) is 4. The number of benzene rings is 3. The van der Waals surface area contributed by atoms with Crippen LogP contribution in [0, 0.1) is 0 Å². The van der Waals surface area contributed by atoms with Crippen LogP contribution < -0.4 is 14.8 Å². The zero-order chi connectivity index (χ0) is 28.9. The van der Waals surface area contributed by atoms with Crippen LogP contribution >= 0.6 is 11.6 Å². The van der Waals surface area contributed by atoms with E-state index < -0.39 is 6.04 Å². The van der Waals surface area contributed by atoms with Crippen LogP contribution in [0.3, 0.4) is 0 Å². The van der Waals surface area contributed by atoms with Crippen LogP contribution in [0.1, 0.15) is 57.2 Å². The van der Waals surface area contributed by atoms with E-state index in [1.165, 1.54) is 0 Å². The Bertz CT molecular complexity index is 1230. The average molecular weight is 565 g/mol.